The molecule has 0 spiro atoms. The highest BCUT2D eigenvalue weighted by Gasteiger charge is 2.21. The molecule has 0 aliphatic carbocycles. The van der Waals surface area contributed by atoms with Crippen LogP contribution in [0.15, 0.2) is 54.6 Å². The first-order valence-corrected chi connectivity index (χ1v) is 8.51. The summed E-state index contributed by atoms with van der Waals surface area (Å²) in [4.78, 5) is 28.1. The Hall–Kier alpha value is -3.08. The number of aromatic amines is 1. The van der Waals surface area contributed by atoms with E-state index in [1.165, 1.54) is 0 Å². The number of rotatable bonds is 4. The van der Waals surface area contributed by atoms with Crippen molar-refractivity contribution in [3.63, 3.8) is 0 Å². The number of benzene rings is 2. The molecule has 134 valence electrons. The summed E-state index contributed by atoms with van der Waals surface area (Å²) in [5.41, 5.74) is 2.10. The standard InChI is InChI=1S/C21H22N2O3/c1-21(2,3)26-20(25)22-13-16-15-11-7-8-12-17(15)23-18(16)19(24)14-9-5-4-6-10-14/h4-12,23H,13H2,1-3H3,(H,22,25). The fourth-order valence-corrected chi connectivity index (χ4v) is 2.79. The van der Waals surface area contributed by atoms with Crippen molar-refractivity contribution < 1.29 is 14.3 Å². The first-order chi connectivity index (χ1) is 12.3. The molecule has 0 fully saturated rings. The fraction of sp³-hybridized carbons (Fsp3) is 0.238. The molecule has 2 aromatic carbocycles. The number of alkyl carbamates (subject to hydrolysis) is 1. The average molecular weight is 350 g/mol. The third-order valence-electron chi connectivity index (χ3n) is 3.89. The van der Waals surface area contributed by atoms with Crippen LogP contribution in [-0.2, 0) is 11.3 Å². The first kappa shape index (κ1) is 17.7. The summed E-state index contributed by atoms with van der Waals surface area (Å²) in [6.07, 6.45) is -0.513. The van der Waals surface area contributed by atoms with Crippen molar-refractivity contribution in [1.82, 2.24) is 10.3 Å². The summed E-state index contributed by atoms with van der Waals surface area (Å²) < 4.78 is 5.29. The van der Waals surface area contributed by atoms with Gasteiger partial charge in [-0.1, -0.05) is 48.5 Å². The number of fused-ring (bicyclic) bond motifs is 1. The molecule has 5 nitrogen and oxygen atoms in total. The van der Waals surface area contributed by atoms with E-state index in [1.54, 1.807) is 12.1 Å². The molecule has 5 heteroatoms. The molecular formula is C21H22N2O3. The lowest BCUT2D eigenvalue weighted by Gasteiger charge is -2.19. The van der Waals surface area contributed by atoms with Crippen LogP contribution < -0.4 is 5.32 Å². The van der Waals surface area contributed by atoms with Crippen LogP contribution in [0.25, 0.3) is 10.9 Å². The van der Waals surface area contributed by atoms with E-state index in [0.717, 1.165) is 16.5 Å². The minimum atomic E-state index is -0.576. The fourth-order valence-electron chi connectivity index (χ4n) is 2.79. The van der Waals surface area contributed by atoms with Gasteiger partial charge in [-0.05, 0) is 26.8 Å². The number of carbonyl (C=O) groups is 2. The SMILES string of the molecule is CC(C)(C)OC(=O)NCc1c(C(=O)c2ccccc2)[nH]c2ccccc12. The largest absolute Gasteiger partial charge is 0.444 e. The summed E-state index contributed by atoms with van der Waals surface area (Å²) in [5, 5.41) is 3.65. The smallest absolute Gasteiger partial charge is 0.407 e. The van der Waals surface area contributed by atoms with Crippen molar-refractivity contribution in [3.8, 4) is 0 Å². The number of ether oxygens (including phenoxy) is 1. The second-order valence-electron chi connectivity index (χ2n) is 7.07. The Bertz CT molecular complexity index is 937. The van der Waals surface area contributed by atoms with Crippen molar-refractivity contribution in [2.24, 2.45) is 0 Å². The van der Waals surface area contributed by atoms with Gasteiger partial charge in [0.1, 0.15) is 5.60 Å². The number of amides is 1. The minimum absolute atomic E-state index is 0.109. The molecule has 1 heterocycles. The maximum absolute atomic E-state index is 12.9. The lowest BCUT2D eigenvalue weighted by Crippen LogP contribution is -2.32. The number of aromatic nitrogens is 1. The highest BCUT2D eigenvalue weighted by Crippen LogP contribution is 2.24. The number of carbonyl (C=O) groups excluding carboxylic acids is 2. The molecule has 3 rings (SSSR count). The van der Waals surface area contributed by atoms with E-state index in [4.69, 9.17) is 4.74 Å². The lowest BCUT2D eigenvalue weighted by molar-refractivity contribution is 0.0523. The Morgan fingerprint density at radius 3 is 2.35 bits per heavy atom. The van der Waals surface area contributed by atoms with Gasteiger partial charge in [0, 0.05) is 28.6 Å². The number of nitrogens with one attached hydrogen (secondary N) is 2. The summed E-state index contributed by atoms with van der Waals surface area (Å²) in [6.45, 7) is 5.63. The van der Waals surface area contributed by atoms with Gasteiger partial charge in [0.05, 0.1) is 5.69 Å². The molecule has 0 radical (unpaired) electrons. The van der Waals surface area contributed by atoms with E-state index in [9.17, 15) is 9.59 Å². The van der Waals surface area contributed by atoms with Crippen molar-refractivity contribution >= 4 is 22.8 Å². The average Bonchev–Trinajstić information content (AvgIpc) is 2.97. The summed E-state index contributed by atoms with van der Waals surface area (Å²) in [7, 11) is 0. The Labute approximate surface area is 152 Å². The third-order valence-corrected chi connectivity index (χ3v) is 3.89. The topological polar surface area (TPSA) is 71.2 Å². The maximum Gasteiger partial charge on any atom is 0.407 e. The van der Waals surface area contributed by atoms with E-state index in [2.05, 4.69) is 10.3 Å². The van der Waals surface area contributed by atoms with Gasteiger partial charge in [-0.3, -0.25) is 4.79 Å². The van der Waals surface area contributed by atoms with Crippen LogP contribution in [-0.4, -0.2) is 22.5 Å². The number of hydrogen-bond donors (Lipinski definition) is 2. The zero-order valence-electron chi connectivity index (χ0n) is 15.1. The molecular weight excluding hydrogens is 328 g/mol. The third kappa shape index (κ3) is 3.94. The summed E-state index contributed by atoms with van der Waals surface area (Å²) in [5.74, 6) is -0.109. The van der Waals surface area contributed by atoms with Gasteiger partial charge in [0.2, 0.25) is 5.78 Å². The molecule has 1 aromatic heterocycles. The van der Waals surface area contributed by atoms with E-state index in [1.807, 2.05) is 63.2 Å². The van der Waals surface area contributed by atoms with E-state index in [-0.39, 0.29) is 12.3 Å². The zero-order valence-corrected chi connectivity index (χ0v) is 15.1. The van der Waals surface area contributed by atoms with Gasteiger partial charge < -0.3 is 15.0 Å². The van der Waals surface area contributed by atoms with Crippen LogP contribution in [0.4, 0.5) is 4.79 Å². The van der Waals surface area contributed by atoms with E-state index >= 15 is 0 Å². The van der Waals surface area contributed by atoms with Crippen molar-refractivity contribution in [1.29, 1.82) is 0 Å². The second kappa shape index (κ2) is 7.04. The lowest BCUT2D eigenvalue weighted by atomic mass is 10.0. The van der Waals surface area contributed by atoms with Gasteiger partial charge in [0.15, 0.2) is 0 Å². The van der Waals surface area contributed by atoms with Crippen LogP contribution in [0, 0.1) is 0 Å². The molecule has 26 heavy (non-hydrogen) atoms. The van der Waals surface area contributed by atoms with Crippen LogP contribution >= 0.6 is 0 Å². The monoisotopic (exact) mass is 350 g/mol. The predicted octanol–water partition coefficient (Wildman–Crippen LogP) is 4.42. The number of hydrogen-bond acceptors (Lipinski definition) is 3. The summed E-state index contributed by atoms with van der Waals surface area (Å²) in [6, 6.07) is 16.7. The summed E-state index contributed by atoms with van der Waals surface area (Å²) >= 11 is 0. The van der Waals surface area contributed by atoms with Crippen molar-refractivity contribution in [2.45, 2.75) is 32.9 Å². The Morgan fingerprint density at radius 1 is 1.00 bits per heavy atom. The van der Waals surface area contributed by atoms with Gasteiger partial charge in [0.25, 0.3) is 0 Å². The molecule has 0 saturated carbocycles. The minimum Gasteiger partial charge on any atom is -0.444 e. The Morgan fingerprint density at radius 2 is 1.65 bits per heavy atom. The molecule has 2 N–H and O–H groups in total. The predicted molar refractivity (Wildman–Crippen MR) is 101 cm³/mol. The second-order valence-corrected chi connectivity index (χ2v) is 7.07. The van der Waals surface area contributed by atoms with Crippen molar-refractivity contribution in [2.75, 3.05) is 0 Å². The molecule has 0 unspecified atom stereocenters. The van der Waals surface area contributed by atoms with Crippen LogP contribution in [0.3, 0.4) is 0 Å². The molecule has 0 atom stereocenters. The molecule has 0 saturated heterocycles. The van der Waals surface area contributed by atoms with Crippen LogP contribution in [0.5, 0.6) is 0 Å². The number of ketones is 1. The Kier molecular flexibility index (Phi) is 4.80. The molecule has 0 aliphatic heterocycles. The van der Waals surface area contributed by atoms with Crippen molar-refractivity contribution in [3.05, 3.63) is 71.4 Å². The Balaban J connectivity index is 1.93. The highest BCUT2D eigenvalue weighted by atomic mass is 16.6. The first-order valence-electron chi connectivity index (χ1n) is 8.51. The quantitative estimate of drug-likeness (QED) is 0.684. The normalized spacial score (nSPS) is 11.3. The van der Waals surface area contributed by atoms with Crippen LogP contribution in [0.2, 0.25) is 0 Å². The van der Waals surface area contributed by atoms with E-state index < -0.39 is 11.7 Å². The molecule has 1 amide bonds. The highest BCUT2D eigenvalue weighted by molar-refractivity contribution is 6.11. The van der Waals surface area contributed by atoms with Crippen LogP contribution in [0.1, 0.15) is 42.4 Å². The molecule has 0 bridgehead atoms. The molecule has 0 aliphatic rings. The van der Waals surface area contributed by atoms with Gasteiger partial charge >= 0.3 is 6.09 Å². The number of para-hydroxylation sites is 1. The van der Waals surface area contributed by atoms with E-state index in [0.29, 0.717) is 11.3 Å². The zero-order chi connectivity index (χ0) is 18.7. The van der Waals surface area contributed by atoms with Gasteiger partial charge in [-0.15, -0.1) is 0 Å². The molecule has 3 aromatic rings. The number of H-pyrrole nitrogens is 1. The van der Waals surface area contributed by atoms with Gasteiger partial charge in [-0.2, -0.15) is 0 Å². The van der Waals surface area contributed by atoms with Gasteiger partial charge in [-0.25, -0.2) is 4.79 Å². The maximum atomic E-state index is 12.9.